The lowest BCUT2D eigenvalue weighted by molar-refractivity contribution is 0.102. The van der Waals surface area contributed by atoms with Crippen LogP contribution in [-0.2, 0) is 0 Å². The van der Waals surface area contributed by atoms with Gasteiger partial charge < -0.3 is 15.2 Å². The number of carbonyl (C=O) groups is 1. The van der Waals surface area contributed by atoms with Gasteiger partial charge in [0.15, 0.2) is 0 Å². The number of anilines is 1. The molecule has 0 saturated heterocycles. The summed E-state index contributed by atoms with van der Waals surface area (Å²) in [5.74, 6) is 0.601. The molecule has 28 heavy (non-hydrogen) atoms. The van der Waals surface area contributed by atoms with Gasteiger partial charge in [0.05, 0.1) is 30.6 Å². The largest absolute Gasteiger partial charge is 0.494 e. The normalized spacial score (nSPS) is 19.5. The number of aromatic nitrogens is 4. The van der Waals surface area contributed by atoms with Crippen molar-refractivity contribution in [2.45, 2.75) is 31.7 Å². The Hall–Kier alpha value is -3.00. The maximum Gasteiger partial charge on any atom is 0.275 e. The van der Waals surface area contributed by atoms with Crippen molar-refractivity contribution in [3.05, 3.63) is 42.6 Å². The van der Waals surface area contributed by atoms with Crippen LogP contribution in [0.5, 0.6) is 5.75 Å². The van der Waals surface area contributed by atoms with Crippen molar-refractivity contribution in [2.24, 2.45) is 5.92 Å². The van der Waals surface area contributed by atoms with Crippen LogP contribution in [0.25, 0.3) is 10.9 Å². The Morgan fingerprint density at radius 3 is 2.79 bits per heavy atom. The van der Waals surface area contributed by atoms with Gasteiger partial charge in [0.2, 0.25) is 0 Å². The van der Waals surface area contributed by atoms with E-state index in [1.54, 1.807) is 7.11 Å². The number of nitrogens with zero attached hydrogens (tertiary/aromatic N) is 4. The van der Waals surface area contributed by atoms with Gasteiger partial charge in [0, 0.05) is 36.7 Å². The Bertz CT molecular complexity index is 965. The van der Waals surface area contributed by atoms with E-state index in [4.69, 9.17) is 9.84 Å². The van der Waals surface area contributed by atoms with Crippen molar-refractivity contribution in [2.75, 3.05) is 19.0 Å². The minimum Gasteiger partial charge on any atom is -0.494 e. The summed E-state index contributed by atoms with van der Waals surface area (Å²) < 4.78 is 7.45. The quantitative estimate of drug-likeness (QED) is 0.705. The zero-order valence-electron chi connectivity index (χ0n) is 15.7. The number of aliphatic hydroxyl groups excluding tert-OH is 1. The fraction of sp³-hybridized carbons (Fsp3) is 0.400. The molecule has 8 nitrogen and oxygen atoms in total. The molecule has 0 radical (unpaired) electrons. The van der Waals surface area contributed by atoms with Crippen LogP contribution < -0.4 is 10.1 Å². The summed E-state index contributed by atoms with van der Waals surface area (Å²) in [6.45, 7) is 0.264. The molecule has 2 aromatic heterocycles. The van der Waals surface area contributed by atoms with Gasteiger partial charge >= 0.3 is 0 Å². The summed E-state index contributed by atoms with van der Waals surface area (Å²) in [4.78, 5) is 20.4. The fourth-order valence-corrected chi connectivity index (χ4v) is 3.72. The van der Waals surface area contributed by atoms with Crippen molar-refractivity contribution in [1.29, 1.82) is 0 Å². The van der Waals surface area contributed by atoms with E-state index in [0.717, 1.165) is 36.6 Å². The van der Waals surface area contributed by atoms with E-state index in [2.05, 4.69) is 15.3 Å². The highest BCUT2D eigenvalue weighted by molar-refractivity contribution is 6.04. The molecule has 1 saturated carbocycles. The summed E-state index contributed by atoms with van der Waals surface area (Å²) in [6.07, 6.45) is 10.5. The van der Waals surface area contributed by atoms with Crippen LogP contribution in [0.4, 0.5) is 5.69 Å². The molecule has 2 heterocycles. The number of fused-ring (bicyclic) bond motifs is 1. The Labute approximate surface area is 162 Å². The minimum atomic E-state index is -0.347. The molecule has 0 aliphatic heterocycles. The number of amides is 1. The topological polar surface area (TPSA) is 102 Å². The third kappa shape index (κ3) is 3.68. The first kappa shape index (κ1) is 18.4. The lowest BCUT2D eigenvalue weighted by Crippen LogP contribution is -2.20. The fourth-order valence-electron chi connectivity index (χ4n) is 3.72. The number of methoxy groups -OCH3 is 1. The van der Waals surface area contributed by atoms with Gasteiger partial charge in [-0.25, -0.2) is 4.98 Å². The zero-order chi connectivity index (χ0) is 19.5. The van der Waals surface area contributed by atoms with Gasteiger partial charge in [0.25, 0.3) is 5.91 Å². The molecule has 0 unspecified atom stereocenters. The molecule has 3 aromatic rings. The van der Waals surface area contributed by atoms with Gasteiger partial charge in [-0.1, -0.05) is 0 Å². The number of carbonyl (C=O) groups excluding carboxylic acids is 1. The maximum atomic E-state index is 12.4. The second-order valence-corrected chi connectivity index (χ2v) is 7.12. The Kier molecular flexibility index (Phi) is 5.21. The molecule has 1 aliphatic carbocycles. The molecule has 4 rings (SSSR count). The number of benzene rings is 1. The molecule has 146 valence electrons. The standard InChI is InChI=1S/C20H23N5O3/c1-28-19-9-16-14(8-17(19)23-20(27)18-10-21-6-7-22-18)11-25(24-16)15-4-2-13(12-26)3-5-15/h6-11,13,15,26H,2-5,12H2,1H3,(H,23,27). The van der Waals surface area contributed by atoms with Crippen LogP contribution in [0, 0.1) is 5.92 Å². The third-order valence-corrected chi connectivity index (χ3v) is 5.34. The van der Waals surface area contributed by atoms with E-state index >= 15 is 0 Å². The van der Waals surface area contributed by atoms with Crippen LogP contribution >= 0.6 is 0 Å². The Morgan fingerprint density at radius 2 is 2.11 bits per heavy atom. The van der Waals surface area contributed by atoms with E-state index in [9.17, 15) is 9.90 Å². The highest BCUT2D eigenvalue weighted by Crippen LogP contribution is 2.34. The highest BCUT2D eigenvalue weighted by Gasteiger charge is 2.23. The van der Waals surface area contributed by atoms with Crippen molar-refractivity contribution in [3.63, 3.8) is 0 Å². The van der Waals surface area contributed by atoms with Crippen molar-refractivity contribution >= 4 is 22.5 Å². The maximum absolute atomic E-state index is 12.4. The van der Waals surface area contributed by atoms with Crippen LogP contribution in [0.1, 0.15) is 42.2 Å². The smallest absolute Gasteiger partial charge is 0.275 e. The van der Waals surface area contributed by atoms with E-state index in [1.165, 1.54) is 18.6 Å². The first-order chi connectivity index (χ1) is 13.7. The Balaban J connectivity index is 1.59. The van der Waals surface area contributed by atoms with Crippen LogP contribution in [0.15, 0.2) is 36.9 Å². The molecule has 8 heteroatoms. The molecule has 2 N–H and O–H groups in total. The SMILES string of the molecule is COc1cc2nn(C3CCC(CO)CC3)cc2cc1NC(=O)c1cnccn1. The molecule has 1 amide bonds. The average Bonchev–Trinajstić information content (AvgIpc) is 3.16. The van der Waals surface area contributed by atoms with Gasteiger partial charge in [-0.3, -0.25) is 14.5 Å². The van der Waals surface area contributed by atoms with E-state index in [-0.39, 0.29) is 18.2 Å². The molecular formula is C20H23N5O3. The first-order valence-corrected chi connectivity index (χ1v) is 9.43. The summed E-state index contributed by atoms with van der Waals surface area (Å²) in [6, 6.07) is 4.03. The molecule has 0 spiro atoms. The average molecular weight is 381 g/mol. The predicted octanol–water partition coefficient (Wildman–Crippen LogP) is 2.81. The van der Waals surface area contributed by atoms with Crippen LogP contribution in [0.3, 0.4) is 0 Å². The van der Waals surface area contributed by atoms with E-state index in [0.29, 0.717) is 23.4 Å². The number of ether oxygens (including phenoxy) is 1. The van der Waals surface area contributed by atoms with Gasteiger partial charge in [-0.05, 0) is 37.7 Å². The molecular weight excluding hydrogens is 358 g/mol. The lowest BCUT2D eigenvalue weighted by atomic mass is 9.87. The number of hydrogen-bond donors (Lipinski definition) is 2. The number of nitrogens with one attached hydrogen (secondary N) is 1. The van der Waals surface area contributed by atoms with Gasteiger partial charge in [-0.15, -0.1) is 0 Å². The lowest BCUT2D eigenvalue weighted by Gasteiger charge is -2.27. The number of aliphatic hydroxyl groups is 1. The number of hydrogen-bond acceptors (Lipinski definition) is 6. The first-order valence-electron chi connectivity index (χ1n) is 9.43. The monoisotopic (exact) mass is 381 g/mol. The van der Waals surface area contributed by atoms with Crippen molar-refractivity contribution in [3.8, 4) is 5.75 Å². The molecule has 1 aromatic carbocycles. The van der Waals surface area contributed by atoms with Crippen molar-refractivity contribution in [1.82, 2.24) is 19.7 Å². The molecule has 0 bridgehead atoms. The van der Waals surface area contributed by atoms with E-state index < -0.39 is 0 Å². The minimum absolute atomic E-state index is 0.237. The highest BCUT2D eigenvalue weighted by atomic mass is 16.5. The third-order valence-electron chi connectivity index (χ3n) is 5.34. The van der Waals surface area contributed by atoms with Crippen LogP contribution in [-0.4, -0.2) is 44.5 Å². The van der Waals surface area contributed by atoms with Crippen LogP contribution in [0.2, 0.25) is 0 Å². The van der Waals surface area contributed by atoms with Gasteiger partial charge in [0.1, 0.15) is 11.4 Å². The zero-order valence-corrected chi connectivity index (χ0v) is 15.7. The number of rotatable bonds is 5. The van der Waals surface area contributed by atoms with E-state index in [1.807, 2.05) is 23.0 Å². The second-order valence-electron chi connectivity index (χ2n) is 7.12. The second kappa shape index (κ2) is 7.93. The summed E-state index contributed by atoms with van der Waals surface area (Å²) >= 11 is 0. The summed E-state index contributed by atoms with van der Waals surface area (Å²) in [7, 11) is 1.56. The molecule has 0 atom stereocenters. The predicted molar refractivity (Wildman–Crippen MR) is 104 cm³/mol. The van der Waals surface area contributed by atoms with Gasteiger partial charge in [-0.2, -0.15) is 5.10 Å². The molecule has 1 aliphatic rings. The molecule has 1 fully saturated rings. The summed E-state index contributed by atoms with van der Waals surface area (Å²) in [5.41, 5.74) is 1.62. The Morgan fingerprint density at radius 1 is 1.29 bits per heavy atom. The summed E-state index contributed by atoms with van der Waals surface area (Å²) in [5, 5.41) is 17.8. The van der Waals surface area contributed by atoms with Crippen molar-refractivity contribution < 1.29 is 14.6 Å².